The van der Waals surface area contributed by atoms with Crippen LogP contribution in [0, 0.1) is 12.8 Å². The molecular formula is C32H39Cl2N3O4S. The van der Waals surface area contributed by atoms with Crippen LogP contribution >= 0.6 is 23.2 Å². The minimum atomic E-state index is -3.58. The summed E-state index contributed by atoms with van der Waals surface area (Å²) in [5.74, 6) is -0.285. The highest BCUT2D eigenvalue weighted by atomic mass is 35.5. The van der Waals surface area contributed by atoms with E-state index in [0.29, 0.717) is 28.7 Å². The Morgan fingerprint density at radius 3 is 2.17 bits per heavy atom. The molecule has 3 aromatic rings. The zero-order valence-corrected chi connectivity index (χ0v) is 26.8. The van der Waals surface area contributed by atoms with Gasteiger partial charge in [-0.2, -0.15) is 0 Å². The summed E-state index contributed by atoms with van der Waals surface area (Å²) < 4.78 is 26.5. The van der Waals surface area contributed by atoms with Crippen molar-refractivity contribution in [3.05, 3.63) is 99.5 Å². The van der Waals surface area contributed by atoms with Crippen molar-refractivity contribution in [1.82, 2.24) is 10.2 Å². The number of sulfonamides is 1. The van der Waals surface area contributed by atoms with E-state index in [-0.39, 0.29) is 43.7 Å². The molecule has 0 radical (unpaired) electrons. The second-order valence-corrected chi connectivity index (χ2v) is 13.6. The fourth-order valence-electron chi connectivity index (χ4n) is 4.53. The Morgan fingerprint density at radius 1 is 0.905 bits per heavy atom. The molecule has 0 fully saturated rings. The average molecular weight is 633 g/mol. The van der Waals surface area contributed by atoms with E-state index in [1.807, 2.05) is 63.2 Å². The lowest BCUT2D eigenvalue weighted by Crippen LogP contribution is -2.51. The van der Waals surface area contributed by atoms with Gasteiger partial charge in [0.15, 0.2) is 0 Å². The Balaban J connectivity index is 1.90. The molecule has 0 bridgehead atoms. The van der Waals surface area contributed by atoms with Gasteiger partial charge >= 0.3 is 0 Å². The third kappa shape index (κ3) is 10.0. The zero-order chi connectivity index (χ0) is 30.9. The molecule has 0 spiro atoms. The van der Waals surface area contributed by atoms with Gasteiger partial charge in [0.1, 0.15) is 6.04 Å². The minimum absolute atomic E-state index is 0.0436. The van der Waals surface area contributed by atoms with Crippen molar-refractivity contribution in [3.63, 3.8) is 0 Å². The van der Waals surface area contributed by atoms with Crippen LogP contribution in [0.4, 0.5) is 5.69 Å². The molecule has 0 saturated heterocycles. The standard InChI is InChI=1S/C32H39Cl2N3O4S/c1-23(2)21-35-32(39)30(20-25-9-6-5-7-10-25)36(22-26-14-17-28(33)29(34)19-26)31(38)11-8-18-37(42(4,40)41)27-15-12-24(3)13-16-27/h5-7,9-10,12-17,19,23,30H,8,11,18,20-22H2,1-4H3,(H,35,39)/t30-/m1/s1. The number of hydrogen-bond acceptors (Lipinski definition) is 4. The molecule has 226 valence electrons. The number of amides is 2. The number of halogens is 2. The summed E-state index contributed by atoms with van der Waals surface area (Å²) in [6.07, 6.45) is 1.78. The number of rotatable bonds is 14. The molecule has 3 aromatic carbocycles. The first-order valence-electron chi connectivity index (χ1n) is 13.9. The first kappa shape index (κ1) is 33.4. The lowest BCUT2D eigenvalue weighted by Gasteiger charge is -2.32. The van der Waals surface area contributed by atoms with Crippen molar-refractivity contribution in [3.8, 4) is 0 Å². The number of nitrogens with zero attached hydrogens (tertiary/aromatic N) is 2. The van der Waals surface area contributed by atoms with Crippen molar-refractivity contribution < 1.29 is 18.0 Å². The summed E-state index contributed by atoms with van der Waals surface area (Å²) in [6, 6.07) is 21.1. The molecule has 0 aliphatic rings. The van der Waals surface area contributed by atoms with Crippen LogP contribution in [0.5, 0.6) is 0 Å². The molecule has 42 heavy (non-hydrogen) atoms. The Kier molecular flexibility index (Phi) is 12.3. The van der Waals surface area contributed by atoms with Gasteiger partial charge in [-0.1, -0.05) is 91.1 Å². The second kappa shape index (κ2) is 15.4. The molecule has 0 aliphatic carbocycles. The molecule has 2 amide bonds. The van der Waals surface area contributed by atoms with Gasteiger partial charge in [0.05, 0.1) is 22.0 Å². The van der Waals surface area contributed by atoms with E-state index in [1.165, 1.54) is 4.31 Å². The molecule has 0 heterocycles. The van der Waals surface area contributed by atoms with E-state index < -0.39 is 16.1 Å². The largest absolute Gasteiger partial charge is 0.354 e. The number of anilines is 1. The van der Waals surface area contributed by atoms with Crippen LogP contribution in [0.15, 0.2) is 72.8 Å². The van der Waals surface area contributed by atoms with Crippen LogP contribution in [-0.4, -0.2) is 50.5 Å². The Labute approximate surface area is 259 Å². The van der Waals surface area contributed by atoms with E-state index in [2.05, 4.69) is 5.32 Å². The maximum Gasteiger partial charge on any atom is 0.243 e. The zero-order valence-electron chi connectivity index (χ0n) is 24.5. The highest BCUT2D eigenvalue weighted by Crippen LogP contribution is 2.25. The minimum Gasteiger partial charge on any atom is -0.354 e. The highest BCUT2D eigenvalue weighted by Gasteiger charge is 2.30. The predicted octanol–water partition coefficient (Wildman–Crippen LogP) is 6.26. The van der Waals surface area contributed by atoms with Crippen LogP contribution < -0.4 is 9.62 Å². The van der Waals surface area contributed by atoms with E-state index in [4.69, 9.17) is 23.2 Å². The smallest absolute Gasteiger partial charge is 0.243 e. The SMILES string of the molecule is Cc1ccc(N(CCCC(=O)N(Cc2ccc(Cl)c(Cl)c2)[C@H](Cc2ccccc2)C(=O)NCC(C)C)S(C)(=O)=O)cc1. The number of carbonyl (C=O) groups is 2. The summed E-state index contributed by atoms with van der Waals surface area (Å²) in [5.41, 5.74) is 3.19. The van der Waals surface area contributed by atoms with Gasteiger partial charge < -0.3 is 10.2 Å². The Bertz CT molecular complexity index is 1450. The van der Waals surface area contributed by atoms with Crippen molar-refractivity contribution in [2.75, 3.05) is 23.7 Å². The summed E-state index contributed by atoms with van der Waals surface area (Å²) >= 11 is 12.4. The molecule has 0 aliphatic heterocycles. The van der Waals surface area contributed by atoms with Gasteiger partial charge in [-0.15, -0.1) is 0 Å². The summed E-state index contributed by atoms with van der Waals surface area (Å²) in [7, 11) is -3.58. The topological polar surface area (TPSA) is 86.8 Å². The summed E-state index contributed by atoms with van der Waals surface area (Å²) in [6.45, 7) is 6.67. The van der Waals surface area contributed by atoms with Crippen LogP contribution in [0.25, 0.3) is 0 Å². The first-order valence-corrected chi connectivity index (χ1v) is 16.5. The fourth-order valence-corrected chi connectivity index (χ4v) is 5.81. The molecule has 7 nitrogen and oxygen atoms in total. The van der Waals surface area contributed by atoms with Gasteiger partial charge in [-0.25, -0.2) is 8.42 Å². The molecule has 10 heteroatoms. The third-order valence-corrected chi connectivity index (χ3v) is 8.70. The van der Waals surface area contributed by atoms with Gasteiger partial charge in [-0.3, -0.25) is 13.9 Å². The number of hydrogen-bond donors (Lipinski definition) is 1. The van der Waals surface area contributed by atoms with Crippen molar-refractivity contribution in [1.29, 1.82) is 0 Å². The Morgan fingerprint density at radius 2 is 1.57 bits per heavy atom. The molecule has 1 N–H and O–H groups in total. The van der Waals surface area contributed by atoms with Crippen molar-refractivity contribution in [2.45, 2.75) is 52.6 Å². The molecule has 3 rings (SSSR count). The monoisotopic (exact) mass is 631 g/mol. The van der Waals surface area contributed by atoms with E-state index >= 15 is 0 Å². The Hall–Kier alpha value is -3.07. The van der Waals surface area contributed by atoms with Crippen molar-refractivity contribution >= 4 is 50.7 Å². The lowest BCUT2D eigenvalue weighted by molar-refractivity contribution is -0.141. The van der Waals surface area contributed by atoms with Gasteiger partial charge in [0.25, 0.3) is 0 Å². The van der Waals surface area contributed by atoms with Crippen LogP contribution in [-0.2, 0) is 32.6 Å². The van der Waals surface area contributed by atoms with Gasteiger partial charge in [0.2, 0.25) is 21.8 Å². The summed E-state index contributed by atoms with van der Waals surface area (Å²) in [4.78, 5) is 29.1. The van der Waals surface area contributed by atoms with Crippen LogP contribution in [0.2, 0.25) is 10.0 Å². The maximum absolute atomic E-state index is 13.9. The van der Waals surface area contributed by atoms with Crippen LogP contribution in [0.1, 0.15) is 43.4 Å². The van der Waals surface area contributed by atoms with Crippen molar-refractivity contribution in [2.24, 2.45) is 5.92 Å². The fraction of sp³-hybridized carbons (Fsp3) is 0.375. The maximum atomic E-state index is 13.9. The van der Waals surface area contributed by atoms with Crippen LogP contribution in [0.3, 0.4) is 0 Å². The number of nitrogens with one attached hydrogen (secondary N) is 1. The quantitative estimate of drug-likeness (QED) is 0.227. The number of carbonyl (C=O) groups excluding carboxylic acids is 2. The normalized spacial score (nSPS) is 12.2. The highest BCUT2D eigenvalue weighted by molar-refractivity contribution is 7.92. The molecule has 0 saturated carbocycles. The first-order chi connectivity index (χ1) is 19.8. The molecule has 0 aromatic heterocycles. The predicted molar refractivity (Wildman–Crippen MR) is 171 cm³/mol. The number of aryl methyl sites for hydroxylation is 1. The number of benzene rings is 3. The molecule has 1 atom stereocenters. The van der Waals surface area contributed by atoms with Gasteiger partial charge in [-0.05, 0) is 54.7 Å². The third-order valence-electron chi connectivity index (χ3n) is 6.77. The molecular weight excluding hydrogens is 593 g/mol. The lowest BCUT2D eigenvalue weighted by atomic mass is 10.0. The van der Waals surface area contributed by atoms with Gasteiger partial charge in [0, 0.05) is 32.5 Å². The second-order valence-electron chi connectivity index (χ2n) is 10.9. The van der Waals surface area contributed by atoms with E-state index in [9.17, 15) is 18.0 Å². The van der Waals surface area contributed by atoms with E-state index in [0.717, 1.165) is 22.9 Å². The summed E-state index contributed by atoms with van der Waals surface area (Å²) in [5, 5.41) is 3.75. The molecule has 0 unspecified atom stereocenters. The average Bonchev–Trinajstić information content (AvgIpc) is 2.94. The van der Waals surface area contributed by atoms with E-state index in [1.54, 1.807) is 35.2 Å².